The Kier molecular flexibility index (Phi) is 3.31. The van der Waals surface area contributed by atoms with Gasteiger partial charge in [-0.3, -0.25) is 9.78 Å². The van der Waals surface area contributed by atoms with Crippen LogP contribution in [0.15, 0.2) is 35.8 Å². The average Bonchev–Trinajstić information content (AvgIpc) is 2.74. The molecular weight excluding hydrogens is 220 g/mol. The van der Waals surface area contributed by atoms with Gasteiger partial charge in [0.15, 0.2) is 0 Å². The summed E-state index contributed by atoms with van der Waals surface area (Å²) in [7, 11) is 0. The van der Waals surface area contributed by atoms with Crippen LogP contribution in [0.4, 0.5) is 5.69 Å². The molecule has 0 aliphatic heterocycles. The molecule has 16 heavy (non-hydrogen) atoms. The van der Waals surface area contributed by atoms with Gasteiger partial charge in [-0.05, 0) is 30.5 Å². The first-order chi connectivity index (χ1) is 7.74. The molecule has 0 atom stereocenters. The van der Waals surface area contributed by atoms with E-state index in [9.17, 15) is 4.79 Å². The lowest BCUT2D eigenvalue weighted by Gasteiger charge is -2.03. The van der Waals surface area contributed by atoms with Gasteiger partial charge in [0, 0.05) is 10.6 Å². The van der Waals surface area contributed by atoms with Crippen molar-refractivity contribution in [3.63, 3.8) is 0 Å². The molecule has 1 N–H and O–H groups in total. The summed E-state index contributed by atoms with van der Waals surface area (Å²) in [4.78, 5) is 16.8. The van der Waals surface area contributed by atoms with Crippen molar-refractivity contribution >= 4 is 22.9 Å². The van der Waals surface area contributed by atoms with E-state index < -0.39 is 0 Å². The summed E-state index contributed by atoms with van der Waals surface area (Å²) in [5, 5.41) is 4.78. The Morgan fingerprint density at radius 3 is 2.94 bits per heavy atom. The molecule has 2 rings (SSSR count). The number of aromatic nitrogens is 1. The van der Waals surface area contributed by atoms with Crippen LogP contribution in [0.2, 0.25) is 0 Å². The highest BCUT2D eigenvalue weighted by atomic mass is 32.1. The minimum Gasteiger partial charge on any atom is -0.324 e. The predicted octanol–water partition coefficient (Wildman–Crippen LogP) is 2.63. The Labute approximate surface area is 98.2 Å². The summed E-state index contributed by atoms with van der Waals surface area (Å²) in [6, 6.07) is 7.63. The van der Waals surface area contributed by atoms with E-state index in [1.54, 1.807) is 17.5 Å². The molecule has 0 fully saturated rings. The monoisotopic (exact) mass is 232 g/mol. The molecule has 0 aromatic carbocycles. The standard InChI is InChI=1S/C12H12N2OS/c1-9-4-5-10(8-13-9)14-12(15)7-11-3-2-6-16-11/h2-6,8H,7H2,1H3,(H,14,15). The number of carbonyl (C=O) groups excluding carboxylic acids is 1. The third-order valence-corrected chi connectivity index (χ3v) is 2.99. The molecule has 1 amide bonds. The van der Waals surface area contributed by atoms with Crippen molar-refractivity contribution < 1.29 is 4.79 Å². The van der Waals surface area contributed by atoms with Gasteiger partial charge in [0.05, 0.1) is 18.3 Å². The van der Waals surface area contributed by atoms with E-state index in [1.807, 2.05) is 36.6 Å². The predicted molar refractivity (Wildman–Crippen MR) is 65.6 cm³/mol. The summed E-state index contributed by atoms with van der Waals surface area (Å²) >= 11 is 1.59. The highest BCUT2D eigenvalue weighted by Crippen LogP contribution is 2.11. The molecule has 0 aliphatic rings. The first kappa shape index (κ1) is 10.8. The van der Waals surface area contributed by atoms with E-state index >= 15 is 0 Å². The molecule has 0 spiro atoms. The number of aryl methyl sites for hydroxylation is 1. The quantitative estimate of drug-likeness (QED) is 0.884. The van der Waals surface area contributed by atoms with Gasteiger partial charge in [-0.15, -0.1) is 11.3 Å². The molecule has 0 saturated heterocycles. The fourth-order valence-corrected chi connectivity index (χ4v) is 2.02. The second kappa shape index (κ2) is 4.90. The average molecular weight is 232 g/mol. The molecule has 4 heteroatoms. The van der Waals surface area contributed by atoms with Gasteiger partial charge in [-0.25, -0.2) is 0 Å². The summed E-state index contributed by atoms with van der Waals surface area (Å²) < 4.78 is 0. The van der Waals surface area contributed by atoms with E-state index in [1.165, 1.54) is 0 Å². The van der Waals surface area contributed by atoms with E-state index in [0.717, 1.165) is 16.3 Å². The molecule has 3 nitrogen and oxygen atoms in total. The van der Waals surface area contributed by atoms with Crippen molar-refractivity contribution in [1.82, 2.24) is 4.98 Å². The maximum Gasteiger partial charge on any atom is 0.229 e. The van der Waals surface area contributed by atoms with Gasteiger partial charge < -0.3 is 5.32 Å². The highest BCUT2D eigenvalue weighted by molar-refractivity contribution is 7.10. The van der Waals surface area contributed by atoms with Crippen LogP contribution >= 0.6 is 11.3 Å². The number of pyridine rings is 1. The zero-order valence-electron chi connectivity index (χ0n) is 8.93. The van der Waals surface area contributed by atoms with Crippen LogP contribution in [-0.2, 0) is 11.2 Å². The lowest BCUT2D eigenvalue weighted by atomic mass is 10.3. The molecule has 0 saturated carbocycles. The van der Waals surface area contributed by atoms with E-state index in [0.29, 0.717) is 6.42 Å². The molecule has 82 valence electrons. The van der Waals surface area contributed by atoms with Crippen LogP contribution in [0.5, 0.6) is 0 Å². The second-order valence-electron chi connectivity index (χ2n) is 3.49. The molecule has 0 unspecified atom stereocenters. The first-order valence-electron chi connectivity index (χ1n) is 4.99. The minimum absolute atomic E-state index is 0.00639. The SMILES string of the molecule is Cc1ccc(NC(=O)Cc2cccs2)cn1. The van der Waals surface area contributed by atoms with Gasteiger partial charge in [-0.2, -0.15) is 0 Å². The fourth-order valence-electron chi connectivity index (χ4n) is 1.32. The van der Waals surface area contributed by atoms with Gasteiger partial charge in [-0.1, -0.05) is 6.07 Å². The Morgan fingerprint density at radius 1 is 1.44 bits per heavy atom. The molecule has 0 aliphatic carbocycles. The van der Waals surface area contributed by atoms with Crippen molar-refractivity contribution in [2.45, 2.75) is 13.3 Å². The molecule has 2 heterocycles. The number of anilines is 1. The number of amides is 1. The van der Waals surface area contributed by atoms with Crippen molar-refractivity contribution in [2.24, 2.45) is 0 Å². The first-order valence-corrected chi connectivity index (χ1v) is 5.87. The number of nitrogens with zero attached hydrogens (tertiary/aromatic N) is 1. The normalized spacial score (nSPS) is 10.1. The highest BCUT2D eigenvalue weighted by Gasteiger charge is 2.04. The number of hydrogen-bond donors (Lipinski definition) is 1. The topological polar surface area (TPSA) is 42.0 Å². The molecular formula is C12H12N2OS. The second-order valence-corrected chi connectivity index (χ2v) is 4.52. The Hall–Kier alpha value is -1.68. The molecule has 2 aromatic rings. The molecule has 0 bridgehead atoms. The number of nitrogens with one attached hydrogen (secondary N) is 1. The summed E-state index contributed by atoms with van der Waals surface area (Å²) in [6.07, 6.45) is 2.09. The smallest absolute Gasteiger partial charge is 0.229 e. The summed E-state index contributed by atoms with van der Waals surface area (Å²) in [5.41, 5.74) is 1.68. The van der Waals surface area contributed by atoms with Gasteiger partial charge >= 0.3 is 0 Å². The maximum absolute atomic E-state index is 11.6. The van der Waals surface area contributed by atoms with Gasteiger partial charge in [0.1, 0.15) is 0 Å². The minimum atomic E-state index is -0.00639. The Morgan fingerprint density at radius 2 is 2.31 bits per heavy atom. The van der Waals surface area contributed by atoms with Gasteiger partial charge in [0.25, 0.3) is 0 Å². The van der Waals surface area contributed by atoms with Crippen LogP contribution in [0, 0.1) is 6.92 Å². The van der Waals surface area contributed by atoms with E-state index in [2.05, 4.69) is 10.3 Å². The van der Waals surface area contributed by atoms with E-state index in [4.69, 9.17) is 0 Å². The van der Waals surface area contributed by atoms with Crippen molar-refractivity contribution in [3.05, 3.63) is 46.4 Å². The molecule has 2 aromatic heterocycles. The third kappa shape index (κ3) is 2.90. The van der Waals surface area contributed by atoms with Gasteiger partial charge in [0.2, 0.25) is 5.91 Å². The van der Waals surface area contributed by atoms with E-state index in [-0.39, 0.29) is 5.91 Å². The zero-order valence-corrected chi connectivity index (χ0v) is 9.75. The Balaban J connectivity index is 1.95. The number of rotatable bonds is 3. The van der Waals surface area contributed by atoms with Crippen molar-refractivity contribution in [3.8, 4) is 0 Å². The lowest BCUT2D eigenvalue weighted by Crippen LogP contribution is -2.13. The summed E-state index contributed by atoms with van der Waals surface area (Å²) in [5.74, 6) is -0.00639. The lowest BCUT2D eigenvalue weighted by molar-refractivity contribution is -0.115. The Bertz CT molecular complexity index is 462. The van der Waals surface area contributed by atoms with Crippen molar-refractivity contribution in [2.75, 3.05) is 5.32 Å². The summed E-state index contributed by atoms with van der Waals surface area (Å²) in [6.45, 7) is 1.91. The number of carbonyl (C=O) groups is 1. The fraction of sp³-hybridized carbons (Fsp3) is 0.167. The largest absolute Gasteiger partial charge is 0.324 e. The van der Waals surface area contributed by atoms with Crippen LogP contribution in [-0.4, -0.2) is 10.9 Å². The van der Waals surface area contributed by atoms with Crippen LogP contribution in [0.1, 0.15) is 10.6 Å². The third-order valence-electron chi connectivity index (χ3n) is 2.11. The molecule has 0 radical (unpaired) electrons. The van der Waals surface area contributed by atoms with Crippen molar-refractivity contribution in [1.29, 1.82) is 0 Å². The van der Waals surface area contributed by atoms with Crippen LogP contribution < -0.4 is 5.32 Å². The maximum atomic E-state index is 11.6. The number of thiophene rings is 1. The van der Waals surface area contributed by atoms with Crippen LogP contribution in [0.3, 0.4) is 0 Å². The van der Waals surface area contributed by atoms with Crippen LogP contribution in [0.25, 0.3) is 0 Å². The number of hydrogen-bond acceptors (Lipinski definition) is 3. The zero-order chi connectivity index (χ0) is 11.4.